The third-order valence-corrected chi connectivity index (χ3v) is 5.71. The van der Waals surface area contributed by atoms with Gasteiger partial charge in [-0.05, 0) is 65.9 Å². The van der Waals surface area contributed by atoms with Crippen LogP contribution in [0.5, 0.6) is 5.75 Å². The molecule has 4 rings (SSSR count). The summed E-state index contributed by atoms with van der Waals surface area (Å²) in [5.74, 6) is 0.162. The molecule has 0 aliphatic carbocycles. The molecule has 0 unspecified atom stereocenters. The fourth-order valence-electron chi connectivity index (χ4n) is 3.29. The summed E-state index contributed by atoms with van der Waals surface area (Å²) in [6, 6.07) is 21.4. The maximum absolute atomic E-state index is 12.6. The molecule has 0 saturated carbocycles. The Morgan fingerprint density at radius 1 is 1.06 bits per heavy atom. The summed E-state index contributed by atoms with van der Waals surface area (Å²) >= 11 is 1.33. The number of aldehydes is 1. The summed E-state index contributed by atoms with van der Waals surface area (Å²) in [6.07, 6.45) is 0.639. The Labute approximate surface area is 194 Å². The van der Waals surface area contributed by atoms with Gasteiger partial charge in [0.25, 0.3) is 5.91 Å². The van der Waals surface area contributed by atoms with Gasteiger partial charge in [-0.3, -0.25) is 9.59 Å². The molecule has 1 amide bonds. The number of rotatable bonds is 7. The summed E-state index contributed by atoms with van der Waals surface area (Å²) in [6.45, 7) is 1.58. The number of benzene rings is 2. The highest BCUT2D eigenvalue weighted by atomic mass is 32.1. The maximum atomic E-state index is 12.6. The molecule has 166 valence electrons. The van der Waals surface area contributed by atoms with Crippen LogP contribution in [0.4, 0.5) is 11.5 Å². The number of carbonyl (C=O) groups is 2. The van der Waals surface area contributed by atoms with Gasteiger partial charge >= 0.3 is 0 Å². The van der Waals surface area contributed by atoms with Gasteiger partial charge in [-0.1, -0.05) is 30.3 Å². The van der Waals surface area contributed by atoms with Crippen LogP contribution in [0.1, 0.15) is 16.6 Å². The van der Waals surface area contributed by atoms with E-state index in [0.717, 1.165) is 11.1 Å². The number of thiophene rings is 1. The smallest absolute Gasteiger partial charge is 0.266 e. The van der Waals surface area contributed by atoms with Gasteiger partial charge in [-0.2, -0.15) is 0 Å². The van der Waals surface area contributed by atoms with Crippen LogP contribution in [0.25, 0.3) is 22.4 Å². The second-order valence-electron chi connectivity index (χ2n) is 7.68. The quantitative estimate of drug-likeness (QED) is 0.235. The number of aromatic hydroxyl groups is 1. The molecule has 0 saturated heterocycles. The lowest BCUT2D eigenvalue weighted by Gasteiger charge is -2.21. The van der Waals surface area contributed by atoms with Crippen molar-refractivity contribution in [2.75, 3.05) is 10.6 Å². The fourth-order valence-corrected chi connectivity index (χ4v) is 3.91. The van der Waals surface area contributed by atoms with Gasteiger partial charge in [0, 0.05) is 11.3 Å². The number of nitrogens with zero attached hydrogens (tertiary/aromatic N) is 1. The maximum Gasteiger partial charge on any atom is 0.266 e. The Kier molecular flexibility index (Phi) is 6.21. The zero-order valence-corrected chi connectivity index (χ0v) is 18.6. The number of nitrogens with one attached hydrogen (secondary N) is 2. The zero-order valence-electron chi connectivity index (χ0n) is 17.8. The standard InChI is InChI=1S/C25H22N4O3S/c1-25(26,15-30)29-18-7-4-6-16(12-18)17-13-20(19-8-2-3-9-21(19)31)27-23(14-17)28-24(32)22-10-5-11-33-22/h2-15,29,31H,26H2,1H3,(H,27,28,32)/t25-/m0/s1. The molecule has 2 heterocycles. The van der Waals surface area contributed by atoms with Gasteiger partial charge in [0.1, 0.15) is 17.2 Å². The zero-order chi connectivity index (χ0) is 23.4. The van der Waals surface area contributed by atoms with E-state index in [-0.39, 0.29) is 11.7 Å². The van der Waals surface area contributed by atoms with Crippen LogP contribution in [-0.2, 0) is 4.79 Å². The van der Waals surface area contributed by atoms with Crippen LogP contribution in [0.3, 0.4) is 0 Å². The number of anilines is 2. The van der Waals surface area contributed by atoms with Crippen molar-refractivity contribution in [1.29, 1.82) is 0 Å². The van der Waals surface area contributed by atoms with Crippen molar-refractivity contribution in [2.24, 2.45) is 5.73 Å². The molecule has 0 fully saturated rings. The third kappa shape index (κ3) is 5.25. The van der Waals surface area contributed by atoms with Crippen molar-refractivity contribution in [3.63, 3.8) is 0 Å². The van der Waals surface area contributed by atoms with Crippen molar-refractivity contribution < 1.29 is 14.7 Å². The monoisotopic (exact) mass is 458 g/mol. The van der Waals surface area contributed by atoms with Gasteiger partial charge in [0.2, 0.25) is 0 Å². The van der Waals surface area contributed by atoms with Crippen molar-refractivity contribution in [3.8, 4) is 28.1 Å². The molecule has 7 nitrogen and oxygen atoms in total. The molecular weight excluding hydrogens is 436 g/mol. The Morgan fingerprint density at radius 2 is 1.88 bits per heavy atom. The van der Waals surface area contributed by atoms with Gasteiger partial charge < -0.3 is 21.5 Å². The molecular formula is C25H22N4O3S. The van der Waals surface area contributed by atoms with E-state index in [2.05, 4.69) is 15.6 Å². The van der Waals surface area contributed by atoms with Crippen LogP contribution in [0, 0.1) is 0 Å². The van der Waals surface area contributed by atoms with E-state index >= 15 is 0 Å². The Morgan fingerprint density at radius 3 is 2.61 bits per heavy atom. The highest BCUT2D eigenvalue weighted by Crippen LogP contribution is 2.33. The lowest BCUT2D eigenvalue weighted by atomic mass is 10.0. The predicted octanol–water partition coefficient (Wildman–Crippen LogP) is 4.72. The van der Waals surface area contributed by atoms with Crippen LogP contribution in [-0.4, -0.2) is 27.9 Å². The highest BCUT2D eigenvalue weighted by molar-refractivity contribution is 7.12. The van der Waals surface area contributed by atoms with Crippen molar-refractivity contribution in [2.45, 2.75) is 12.6 Å². The minimum Gasteiger partial charge on any atom is -0.507 e. The lowest BCUT2D eigenvalue weighted by Crippen LogP contribution is -2.46. The Hall–Kier alpha value is -4.01. The highest BCUT2D eigenvalue weighted by Gasteiger charge is 2.17. The second kappa shape index (κ2) is 9.23. The number of aromatic nitrogens is 1. The Bertz CT molecular complexity index is 1300. The van der Waals surface area contributed by atoms with Crippen molar-refractivity contribution in [1.82, 2.24) is 4.98 Å². The van der Waals surface area contributed by atoms with Gasteiger partial charge in [0.15, 0.2) is 6.29 Å². The van der Waals surface area contributed by atoms with Crippen LogP contribution in [0.2, 0.25) is 0 Å². The van der Waals surface area contributed by atoms with E-state index in [1.165, 1.54) is 11.3 Å². The first-order valence-electron chi connectivity index (χ1n) is 10.1. The van der Waals surface area contributed by atoms with Crippen LogP contribution < -0.4 is 16.4 Å². The molecule has 0 bridgehead atoms. The van der Waals surface area contributed by atoms with E-state index in [4.69, 9.17) is 5.73 Å². The fraction of sp³-hybridized carbons (Fsp3) is 0.0800. The molecule has 0 aliphatic rings. The van der Waals surface area contributed by atoms with E-state index in [9.17, 15) is 14.7 Å². The number of hydrogen-bond acceptors (Lipinski definition) is 7. The Balaban J connectivity index is 1.77. The largest absolute Gasteiger partial charge is 0.507 e. The van der Waals surface area contributed by atoms with Crippen molar-refractivity contribution >= 4 is 35.0 Å². The number of amides is 1. The molecule has 0 aliphatic heterocycles. The summed E-state index contributed by atoms with van der Waals surface area (Å²) in [5, 5.41) is 18.0. The molecule has 33 heavy (non-hydrogen) atoms. The van der Waals surface area contributed by atoms with E-state index in [1.807, 2.05) is 35.7 Å². The number of nitrogens with two attached hydrogens (primary N) is 1. The minimum atomic E-state index is -1.21. The SMILES string of the molecule is C[C@@](N)(C=O)Nc1cccc(-c2cc(NC(=O)c3cccs3)nc(-c3ccccc3O)c2)c1. The third-order valence-electron chi connectivity index (χ3n) is 4.85. The molecule has 8 heteroatoms. The average molecular weight is 459 g/mol. The topological polar surface area (TPSA) is 117 Å². The average Bonchev–Trinajstić information content (AvgIpc) is 3.34. The number of para-hydroxylation sites is 1. The molecule has 5 N–H and O–H groups in total. The van der Waals surface area contributed by atoms with Gasteiger partial charge in [-0.15, -0.1) is 11.3 Å². The van der Waals surface area contributed by atoms with Crippen LogP contribution >= 0.6 is 11.3 Å². The van der Waals surface area contributed by atoms with Gasteiger partial charge in [0.05, 0.1) is 10.6 Å². The molecule has 0 radical (unpaired) electrons. The number of phenolic OH excluding ortho intramolecular Hbond substituents is 1. The summed E-state index contributed by atoms with van der Waals surface area (Å²) < 4.78 is 0. The first-order chi connectivity index (χ1) is 15.8. The molecule has 1 atom stereocenters. The first kappa shape index (κ1) is 22.2. The predicted molar refractivity (Wildman–Crippen MR) is 131 cm³/mol. The number of hydrogen-bond donors (Lipinski definition) is 4. The van der Waals surface area contributed by atoms with E-state index in [0.29, 0.717) is 33.9 Å². The molecule has 2 aromatic carbocycles. The number of pyridine rings is 1. The second-order valence-corrected chi connectivity index (χ2v) is 8.63. The lowest BCUT2D eigenvalue weighted by molar-refractivity contribution is -0.110. The number of carbonyl (C=O) groups excluding carboxylic acids is 2. The van der Waals surface area contributed by atoms with Gasteiger partial charge in [-0.25, -0.2) is 4.98 Å². The van der Waals surface area contributed by atoms with E-state index < -0.39 is 5.66 Å². The number of phenols is 1. The van der Waals surface area contributed by atoms with Crippen LogP contribution in [0.15, 0.2) is 78.2 Å². The molecule has 0 spiro atoms. The summed E-state index contributed by atoms with van der Waals surface area (Å²) in [4.78, 5) is 29.0. The molecule has 4 aromatic rings. The first-order valence-corrected chi connectivity index (χ1v) is 11.0. The van der Waals surface area contributed by atoms with E-state index in [1.54, 1.807) is 49.4 Å². The summed E-state index contributed by atoms with van der Waals surface area (Å²) in [7, 11) is 0. The normalized spacial score (nSPS) is 12.5. The van der Waals surface area contributed by atoms with Crippen molar-refractivity contribution in [3.05, 3.63) is 83.1 Å². The molecule has 2 aromatic heterocycles. The minimum absolute atomic E-state index is 0.0815. The summed E-state index contributed by atoms with van der Waals surface area (Å²) in [5.41, 5.74) is 7.98.